The van der Waals surface area contributed by atoms with Gasteiger partial charge in [-0.15, -0.1) is 5.10 Å². The number of nitrogens with zero attached hydrogens (tertiary/aromatic N) is 4. The zero-order valence-corrected chi connectivity index (χ0v) is 11.4. The Balaban J connectivity index is 2.31. The van der Waals surface area contributed by atoms with E-state index in [1.807, 2.05) is 36.9 Å². The van der Waals surface area contributed by atoms with Crippen LogP contribution < -0.4 is 4.90 Å². The Labute approximate surface area is 117 Å². The third-order valence-electron chi connectivity index (χ3n) is 2.91. The lowest BCUT2D eigenvalue weighted by Gasteiger charge is -2.22. The molecule has 0 aliphatic carbocycles. The van der Waals surface area contributed by atoms with E-state index in [-0.39, 0.29) is 5.56 Å². The minimum atomic E-state index is -1.01. The fraction of sp³-hybridized carbons (Fsp3) is 0.286. The molecule has 104 valence electrons. The number of pyridine rings is 1. The zero-order valence-electron chi connectivity index (χ0n) is 11.4. The van der Waals surface area contributed by atoms with Crippen LogP contribution in [-0.4, -0.2) is 32.8 Å². The van der Waals surface area contributed by atoms with Crippen LogP contribution >= 0.6 is 0 Å². The van der Waals surface area contributed by atoms with Crippen LogP contribution in [0.25, 0.3) is 0 Å². The lowest BCUT2D eigenvalue weighted by atomic mass is 10.2. The lowest BCUT2D eigenvalue weighted by molar-refractivity contribution is 0.0697. The van der Waals surface area contributed by atoms with Gasteiger partial charge in [0.1, 0.15) is 5.56 Å². The summed E-state index contributed by atoms with van der Waals surface area (Å²) in [6.45, 7) is 4.98. The Bertz CT molecular complexity index is 616. The van der Waals surface area contributed by atoms with E-state index >= 15 is 0 Å². The van der Waals surface area contributed by atoms with E-state index < -0.39 is 5.97 Å². The molecule has 6 nitrogen and oxygen atoms in total. The van der Waals surface area contributed by atoms with Gasteiger partial charge in [0.2, 0.25) is 0 Å². The topological polar surface area (TPSA) is 79.2 Å². The van der Waals surface area contributed by atoms with Gasteiger partial charge in [0.25, 0.3) is 0 Å². The molecule has 0 spiro atoms. The number of aryl methyl sites for hydroxylation is 1. The summed E-state index contributed by atoms with van der Waals surface area (Å²) in [6.07, 6.45) is 1.38. The molecule has 2 aromatic heterocycles. The van der Waals surface area contributed by atoms with E-state index in [2.05, 4.69) is 15.2 Å². The number of aromatic nitrogens is 3. The van der Waals surface area contributed by atoms with Crippen LogP contribution in [-0.2, 0) is 6.54 Å². The second-order valence-electron chi connectivity index (χ2n) is 4.36. The zero-order chi connectivity index (χ0) is 14.5. The molecule has 0 unspecified atom stereocenters. The van der Waals surface area contributed by atoms with Crippen LogP contribution in [0, 0.1) is 6.92 Å². The first kappa shape index (κ1) is 13.9. The smallest absolute Gasteiger partial charge is 0.339 e. The molecule has 0 saturated carbocycles. The number of carboxylic acid groups (broad SMARTS) is 1. The number of carbonyl (C=O) groups is 1. The van der Waals surface area contributed by atoms with Crippen molar-refractivity contribution in [3.05, 3.63) is 47.4 Å². The fourth-order valence-corrected chi connectivity index (χ4v) is 1.94. The molecule has 0 aromatic carbocycles. The van der Waals surface area contributed by atoms with Crippen molar-refractivity contribution in [1.82, 2.24) is 15.2 Å². The van der Waals surface area contributed by atoms with E-state index in [4.69, 9.17) is 0 Å². The van der Waals surface area contributed by atoms with Crippen LogP contribution in [0.4, 0.5) is 5.82 Å². The van der Waals surface area contributed by atoms with Gasteiger partial charge in [-0.25, -0.2) is 4.79 Å². The quantitative estimate of drug-likeness (QED) is 0.895. The highest BCUT2D eigenvalue weighted by atomic mass is 16.4. The second-order valence-corrected chi connectivity index (χ2v) is 4.36. The van der Waals surface area contributed by atoms with Gasteiger partial charge in [-0.2, -0.15) is 5.10 Å². The van der Waals surface area contributed by atoms with E-state index in [9.17, 15) is 9.90 Å². The van der Waals surface area contributed by atoms with Gasteiger partial charge >= 0.3 is 5.97 Å². The summed E-state index contributed by atoms with van der Waals surface area (Å²) in [5, 5.41) is 16.9. The average molecular weight is 272 g/mol. The minimum absolute atomic E-state index is 0.148. The summed E-state index contributed by atoms with van der Waals surface area (Å²) >= 11 is 0. The van der Waals surface area contributed by atoms with Crippen LogP contribution in [0.3, 0.4) is 0 Å². The summed E-state index contributed by atoms with van der Waals surface area (Å²) in [7, 11) is 0. The molecule has 0 amide bonds. The molecule has 1 N–H and O–H groups in total. The fourth-order valence-electron chi connectivity index (χ4n) is 1.94. The van der Waals surface area contributed by atoms with Gasteiger partial charge in [0.15, 0.2) is 5.82 Å². The van der Waals surface area contributed by atoms with Crippen LogP contribution in [0.15, 0.2) is 30.5 Å². The maximum absolute atomic E-state index is 11.2. The number of carboxylic acids is 1. The van der Waals surface area contributed by atoms with E-state index in [1.165, 1.54) is 12.3 Å². The molecule has 2 aromatic rings. The Morgan fingerprint density at radius 2 is 2.15 bits per heavy atom. The molecule has 0 aliphatic rings. The Hall–Kier alpha value is -2.50. The second kappa shape index (κ2) is 6.10. The number of hydrogen-bond acceptors (Lipinski definition) is 5. The van der Waals surface area contributed by atoms with Crippen LogP contribution in [0.1, 0.15) is 28.7 Å². The molecule has 0 fully saturated rings. The van der Waals surface area contributed by atoms with Crippen molar-refractivity contribution in [3.63, 3.8) is 0 Å². The predicted octanol–water partition coefficient (Wildman–Crippen LogP) is 1.90. The number of rotatable bonds is 5. The summed E-state index contributed by atoms with van der Waals surface area (Å²) in [4.78, 5) is 17.5. The molecule has 0 radical (unpaired) electrons. The molecular weight excluding hydrogens is 256 g/mol. The normalized spacial score (nSPS) is 10.3. The van der Waals surface area contributed by atoms with Crippen molar-refractivity contribution >= 4 is 11.8 Å². The van der Waals surface area contributed by atoms with Gasteiger partial charge < -0.3 is 10.0 Å². The van der Waals surface area contributed by atoms with E-state index in [0.29, 0.717) is 18.9 Å². The minimum Gasteiger partial charge on any atom is -0.478 e. The van der Waals surface area contributed by atoms with Crippen molar-refractivity contribution < 1.29 is 9.90 Å². The molecule has 2 rings (SSSR count). The molecule has 0 atom stereocenters. The first-order chi connectivity index (χ1) is 9.61. The van der Waals surface area contributed by atoms with Gasteiger partial charge in [-0.1, -0.05) is 6.07 Å². The summed E-state index contributed by atoms with van der Waals surface area (Å²) in [5.74, 6) is -0.642. The summed E-state index contributed by atoms with van der Waals surface area (Å²) in [6, 6.07) is 7.22. The van der Waals surface area contributed by atoms with E-state index in [1.54, 1.807) is 0 Å². The largest absolute Gasteiger partial charge is 0.478 e. The summed E-state index contributed by atoms with van der Waals surface area (Å²) < 4.78 is 0. The van der Waals surface area contributed by atoms with Crippen molar-refractivity contribution in [2.24, 2.45) is 0 Å². The molecule has 0 bridgehead atoms. The lowest BCUT2D eigenvalue weighted by Crippen LogP contribution is -2.26. The van der Waals surface area contributed by atoms with Crippen molar-refractivity contribution in [1.29, 1.82) is 0 Å². The Morgan fingerprint density at radius 3 is 2.80 bits per heavy atom. The molecule has 20 heavy (non-hydrogen) atoms. The third-order valence-corrected chi connectivity index (χ3v) is 2.91. The third kappa shape index (κ3) is 3.09. The standard InChI is InChI=1S/C14H16N4O2/c1-3-18(9-11-6-4-5-10(2)16-11)13-12(14(19)20)7-8-15-17-13/h4-8H,3,9H2,1-2H3,(H,19,20). The average Bonchev–Trinajstić information content (AvgIpc) is 2.45. The maximum Gasteiger partial charge on any atom is 0.339 e. The van der Waals surface area contributed by atoms with E-state index in [0.717, 1.165) is 11.4 Å². The van der Waals surface area contributed by atoms with Crippen molar-refractivity contribution in [3.8, 4) is 0 Å². The highest BCUT2D eigenvalue weighted by Crippen LogP contribution is 2.18. The Morgan fingerprint density at radius 1 is 1.35 bits per heavy atom. The molecule has 6 heteroatoms. The first-order valence-electron chi connectivity index (χ1n) is 6.34. The number of anilines is 1. The molecular formula is C14H16N4O2. The SMILES string of the molecule is CCN(Cc1cccc(C)n1)c1nnccc1C(=O)O. The highest BCUT2D eigenvalue weighted by Gasteiger charge is 2.17. The van der Waals surface area contributed by atoms with Crippen molar-refractivity contribution in [2.45, 2.75) is 20.4 Å². The van der Waals surface area contributed by atoms with Crippen LogP contribution in [0.5, 0.6) is 0 Å². The number of aromatic carboxylic acids is 1. The first-order valence-corrected chi connectivity index (χ1v) is 6.34. The highest BCUT2D eigenvalue weighted by molar-refractivity contribution is 5.93. The summed E-state index contributed by atoms with van der Waals surface area (Å²) in [5.41, 5.74) is 1.94. The van der Waals surface area contributed by atoms with Gasteiger partial charge in [0.05, 0.1) is 18.4 Å². The van der Waals surface area contributed by atoms with Crippen LogP contribution in [0.2, 0.25) is 0 Å². The van der Waals surface area contributed by atoms with Gasteiger partial charge in [0, 0.05) is 12.2 Å². The molecule has 0 saturated heterocycles. The maximum atomic E-state index is 11.2. The van der Waals surface area contributed by atoms with Gasteiger partial charge in [-0.05, 0) is 32.0 Å². The molecule has 0 aliphatic heterocycles. The monoisotopic (exact) mass is 272 g/mol. The van der Waals surface area contributed by atoms with Crippen molar-refractivity contribution in [2.75, 3.05) is 11.4 Å². The van der Waals surface area contributed by atoms with Gasteiger partial charge in [-0.3, -0.25) is 4.98 Å². The Kier molecular flexibility index (Phi) is 4.24. The molecule has 2 heterocycles. The predicted molar refractivity (Wildman–Crippen MR) is 74.7 cm³/mol. The number of hydrogen-bond donors (Lipinski definition) is 1.